The number of amides is 1. The third-order valence-electron chi connectivity index (χ3n) is 3.97. The van der Waals surface area contributed by atoms with Crippen LogP contribution < -0.4 is 5.32 Å². The van der Waals surface area contributed by atoms with Crippen molar-refractivity contribution in [2.75, 3.05) is 0 Å². The van der Waals surface area contributed by atoms with Crippen LogP contribution in [0.15, 0.2) is 30.6 Å². The topological polar surface area (TPSA) is 84.2 Å². The van der Waals surface area contributed by atoms with Crippen LogP contribution in [0.3, 0.4) is 0 Å². The number of nitrogens with zero attached hydrogens (tertiary/aromatic N) is 2. The van der Waals surface area contributed by atoms with Gasteiger partial charge in [-0.2, -0.15) is 5.10 Å². The van der Waals surface area contributed by atoms with Gasteiger partial charge >= 0.3 is 5.97 Å². The lowest BCUT2D eigenvalue weighted by atomic mass is 9.76. The predicted molar refractivity (Wildman–Crippen MR) is 85.3 cm³/mol. The predicted octanol–water partition coefficient (Wildman–Crippen LogP) is 2.92. The quantitative estimate of drug-likeness (QED) is 0.884. The number of hydrogen-bond donors (Lipinski definition) is 2. The normalized spacial score (nSPS) is 15.7. The minimum absolute atomic E-state index is 0.267. The Hall–Kier alpha value is -2.05. The van der Waals surface area contributed by atoms with Crippen molar-refractivity contribution in [3.8, 4) is 5.69 Å². The highest BCUT2D eigenvalue weighted by molar-refractivity contribution is 6.35. The molecule has 120 valence electrons. The Morgan fingerprint density at radius 1 is 1.30 bits per heavy atom. The van der Waals surface area contributed by atoms with E-state index in [2.05, 4.69) is 10.4 Å². The number of aromatic nitrogens is 2. The first kappa shape index (κ1) is 15.8. The summed E-state index contributed by atoms with van der Waals surface area (Å²) in [6, 6.07) is 4.93. The lowest BCUT2D eigenvalue weighted by Crippen LogP contribution is -2.59. The minimum atomic E-state index is -1.16. The van der Waals surface area contributed by atoms with Gasteiger partial charge in [0.15, 0.2) is 0 Å². The van der Waals surface area contributed by atoms with Crippen molar-refractivity contribution in [1.29, 1.82) is 0 Å². The van der Waals surface area contributed by atoms with E-state index < -0.39 is 17.4 Å². The summed E-state index contributed by atoms with van der Waals surface area (Å²) in [7, 11) is 0. The summed E-state index contributed by atoms with van der Waals surface area (Å²) in [5.41, 5.74) is -0.313. The number of carbonyl (C=O) groups excluding carboxylic acids is 1. The number of benzene rings is 1. The summed E-state index contributed by atoms with van der Waals surface area (Å²) in [6.07, 6.45) is 4.52. The zero-order chi connectivity index (χ0) is 16.6. The Labute approximate surface area is 142 Å². The smallest absolute Gasteiger partial charge is 0.329 e. The summed E-state index contributed by atoms with van der Waals surface area (Å²) in [4.78, 5) is 23.6. The van der Waals surface area contributed by atoms with Crippen LogP contribution in [0.25, 0.3) is 5.69 Å². The molecule has 0 aliphatic heterocycles. The minimum Gasteiger partial charge on any atom is -0.480 e. The first-order valence-corrected chi connectivity index (χ1v) is 7.73. The highest BCUT2D eigenvalue weighted by Gasteiger charge is 2.45. The number of carboxylic acid groups (broad SMARTS) is 1. The van der Waals surface area contributed by atoms with Gasteiger partial charge in [0, 0.05) is 11.2 Å². The van der Waals surface area contributed by atoms with Gasteiger partial charge in [0.05, 0.1) is 22.5 Å². The third kappa shape index (κ3) is 2.92. The highest BCUT2D eigenvalue weighted by atomic mass is 35.5. The molecule has 6 nitrogen and oxygen atoms in total. The van der Waals surface area contributed by atoms with Crippen molar-refractivity contribution >= 4 is 35.1 Å². The number of halogens is 2. The first-order chi connectivity index (χ1) is 10.9. The zero-order valence-corrected chi connectivity index (χ0v) is 13.4. The van der Waals surface area contributed by atoms with Crippen molar-refractivity contribution in [3.05, 3.63) is 46.2 Å². The average molecular weight is 354 g/mol. The Morgan fingerprint density at radius 2 is 2.04 bits per heavy atom. The van der Waals surface area contributed by atoms with E-state index in [1.54, 1.807) is 18.2 Å². The van der Waals surface area contributed by atoms with Crippen molar-refractivity contribution in [2.45, 2.75) is 24.8 Å². The molecule has 23 heavy (non-hydrogen) atoms. The molecule has 1 fully saturated rings. The van der Waals surface area contributed by atoms with E-state index >= 15 is 0 Å². The van der Waals surface area contributed by atoms with Gasteiger partial charge in [0.2, 0.25) is 0 Å². The number of nitrogens with one attached hydrogen (secondary N) is 1. The lowest BCUT2D eigenvalue weighted by Gasteiger charge is -2.38. The Bertz CT molecular complexity index is 784. The number of rotatable bonds is 4. The molecule has 2 aromatic rings. The van der Waals surface area contributed by atoms with Crippen LogP contribution in [0.1, 0.15) is 29.6 Å². The molecular weight excluding hydrogens is 341 g/mol. The maximum absolute atomic E-state index is 12.3. The largest absolute Gasteiger partial charge is 0.480 e. The molecule has 1 aliphatic carbocycles. The first-order valence-electron chi connectivity index (χ1n) is 6.97. The van der Waals surface area contributed by atoms with Crippen LogP contribution in [-0.2, 0) is 4.79 Å². The molecule has 3 rings (SSSR count). The molecule has 0 saturated heterocycles. The molecule has 1 aliphatic rings. The Balaban J connectivity index is 1.81. The van der Waals surface area contributed by atoms with E-state index in [1.807, 2.05) is 0 Å². The van der Waals surface area contributed by atoms with E-state index in [9.17, 15) is 14.7 Å². The van der Waals surface area contributed by atoms with Gasteiger partial charge in [0.25, 0.3) is 5.91 Å². The Kier molecular flexibility index (Phi) is 4.04. The van der Waals surface area contributed by atoms with Gasteiger partial charge in [0.1, 0.15) is 5.54 Å². The third-order valence-corrected chi connectivity index (χ3v) is 4.51. The summed E-state index contributed by atoms with van der Waals surface area (Å²) >= 11 is 12.0. The molecule has 1 aromatic carbocycles. The Morgan fingerprint density at radius 3 is 2.61 bits per heavy atom. The lowest BCUT2D eigenvalue weighted by molar-refractivity contribution is -0.148. The van der Waals surface area contributed by atoms with Gasteiger partial charge in [-0.15, -0.1) is 0 Å². The maximum atomic E-state index is 12.3. The molecule has 0 bridgehead atoms. The molecule has 1 aromatic heterocycles. The van der Waals surface area contributed by atoms with Crippen LogP contribution in [-0.4, -0.2) is 32.3 Å². The van der Waals surface area contributed by atoms with Crippen molar-refractivity contribution in [2.24, 2.45) is 0 Å². The van der Waals surface area contributed by atoms with E-state index in [4.69, 9.17) is 23.2 Å². The van der Waals surface area contributed by atoms with E-state index in [-0.39, 0.29) is 5.56 Å². The fourth-order valence-electron chi connectivity index (χ4n) is 2.45. The van der Waals surface area contributed by atoms with Gasteiger partial charge < -0.3 is 10.4 Å². The summed E-state index contributed by atoms with van der Waals surface area (Å²) in [5.74, 6) is -1.48. The molecule has 0 radical (unpaired) electrons. The van der Waals surface area contributed by atoms with Crippen molar-refractivity contribution in [1.82, 2.24) is 15.1 Å². The molecule has 1 saturated carbocycles. The molecular formula is C15H13Cl2N3O3. The maximum Gasteiger partial charge on any atom is 0.329 e. The summed E-state index contributed by atoms with van der Waals surface area (Å²) in [5, 5.41) is 16.8. The standard InChI is InChI=1S/C15H13Cl2N3O3/c16-10-2-3-12(11(17)6-10)20-8-9(7-18-20)13(21)19-15(14(22)23)4-1-5-15/h2-3,6-8H,1,4-5H2,(H,19,21)(H,22,23). The van der Waals surface area contributed by atoms with Gasteiger partial charge in [-0.05, 0) is 37.5 Å². The van der Waals surface area contributed by atoms with Crippen LogP contribution in [0.2, 0.25) is 10.0 Å². The SMILES string of the molecule is O=C(NC1(C(=O)O)CCC1)c1cnn(-c2ccc(Cl)cc2Cl)c1. The van der Waals surface area contributed by atoms with Crippen LogP contribution in [0.5, 0.6) is 0 Å². The van der Waals surface area contributed by atoms with E-state index in [0.717, 1.165) is 6.42 Å². The highest BCUT2D eigenvalue weighted by Crippen LogP contribution is 2.32. The molecule has 0 unspecified atom stereocenters. The number of carboxylic acids is 1. The van der Waals surface area contributed by atoms with Gasteiger partial charge in [-0.1, -0.05) is 23.2 Å². The second kappa shape index (κ2) is 5.86. The molecule has 1 amide bonds. The number of aliphatic carboxylic acids is 1. The molecule has 1 heterocycles. The average Bonchev–Trinajstić information content (AvgIpc) is 2.91. The molecule has 0 spiro atoms. The molecule has 0 atom stereocenters. The summed E-state index contributed by atoms with van der Waals surface area (Å²) in [6.45, 7) is 0. The summed E-state index contributed by atoms with van der Waals surface area (Å²) < 4.78 is 1.45. The van der Waals surface area contributed by atoms with E-state index in [0.29, 0.717) is 28.6 Å². The second-order valence-corrected chi connectivity index (χ2v) is 6.31. The van der Waals surface area contributed by atoms with Gasteiger partial charge in [-0.3, -0.25) is 4.79 Å². The van der Waals surface area contributed by atoms with E-state index in [1.165, 1.54) is 17.1 Å². The van der Waals surface area contributed by atoms with Gasteiger partial charge in [-0.25, -0.2) is 9.48 Å². The van der Waals surface area contributed by atoms with Crippen LogP contribution in [0.4, 0.5) is 0 Å². The number of hydrogen-bond acceptors (Lipinski definition) is 3. The van der Waals surface area contributed by atoms with Crippen LogP contribution in [0, 0.1) is 0 Å². The fourth-order valence-corrected chi connectivity index (χ4v) is 2.95. The van der Waals surface area contributed by atoms with Crippen molar-refractivity contribution < 1.29 is 14.7 Å². The van der Waals surface area contributed by atoms with Crippen molar-refractivity contribution in [3.63, 3.8) is 0 Å². The number of carbonyl (C=O) groups is 2. The monoisotopic (exact) mass is 353 g/mol. The second-order valence-electron chi connectivity index (χ2n) is 5.46. The zero-order valence-electron chi connectivity index (χ0n) is 11.9. The molecule has 8 heteroatoms. The fraction of sp³-hybridized carbons (Fsp3) is 0.267. The van der Waals surface area contributed by atoms with Crippen LogP contribution >= 0.6 is 23.2 Å². The molecule has 2 N–H and O–H groups in total.